The summed E-state index contributed by atoms with van der Waals surface area (Å²) < 4.78 is 4.69. The molecule has 0 aliphatic carbocycles. The number of fused-ring (bicyclic) bond motifs is 1. The fourth-order valence-electron chi connectivity index (χ4n) is 3.76. The number of anilines is 1. The molecule has 5 heteroatoms. The Hall–Kier alpha value is -1.62. The highest BCUT2D eigenvalue weighted by Gasteiger charge is 2.22. The van der Waals surface area contributed by atoms with E-state index in [9.17, 15) is 4.79 Å². The van der Waals surface area contributed by atoms with Gasteiger partial charge in [-0.05, 0) is 69.2 Å². The van der Waals surface area contributed by atoms with E-state index in [0.29, 0.717) is 6.42 Å². The molecule has 3 heterocycles. The third-order valence-electron chi connectivity index (χ3n) is 5.21. The van der Waals surface area contributed by atoms with Crippen LogP contribution in [0.15, 0.2) is 12.1 Å². The van der Waals surface area contributed by atoms with Crippen molar-refractivity contribution < 1.29 is 9.53 Å². The van der Waals surface area contributed by atoms with Gasteiger partial charge in [0.2, 0.25) is 0 Å². The molecule has 0 unspecified atom stereocenters. The Kier molecular flexibility index (Phi) is 6.07. The van der Waals surface area contributed by atoms with Crippen molar-refractivity contribution in [1.29, 1.82) is 0 Å². The second-order valence-corrected chi connectivity index (χ2v) is 7.01. The van der Waals surface area contributed by atoms with Crippen LogP contribution in [-0.4, -0.2) is 49.1 Å². The molecule has 24 heavy (non-hydrogen) atoms. The maximum absolute atomic E-state index is 11.2. The molecule has 0 saturated carbocycles. The van der Waals surface area contributed by atoms with Crippen molar-refractivity contribution in [1.82, 2.24) is 9.88 Å². The van der Waals surface area contributed by atoms with Crippen LogP contribution >= 0.6 is 0 Å². The van der Waals surface area contributed by atoms with Crippen molar-refractivity contribution in [2.45, 2.75) is 44.9 Å². The van der Waals surface area contributed by atoms with Gasteiger partial charge < -0.3 is 15.0 Å². The fourth-order valence-corrected chi connectivity index (χ4v) is 3.76. The Morgan fingerprint density at radius 2 is 2.38 bits per heavy atom. The van der Waals surface area contributed by atoms with E-state index in [4.69, 9.17) is 9.72 Å². The Balaban J connectivity index is 1.39. The Morgan fingerprint density at radius 1 is 1.46 bits per heavy atom. The predicted octanol–water partition coefficient (Wildman–Crippen LogP) is 2.65. The van der Waals surface area contributed by atoms with Crippen LogP contribution in [0.25, 0.3) is 0 Å². The number of likely N-dealkylation sites (tertiary alicyclic amines) is 1. The Labute approximate surface area is 144 Å². The lowest BCUT2D eigenvalue weighted by atomic mass is 10.00. The van der Waals surface area contributed by atoms with Gasteiger partial charge in [0.25, 0.3) is 0 Å². The van der Waals surface area contributed by atoms with E-state index in [-0.39, 0.29) is 5.97 Å². The first-order valence-electron chi connectivity index (χ1n) is 9.26. The third kappa shape index (κ3) is 4.69. The lowest BCUT2D eigenvalue weighted by Crippen LogP contribution is -2.22. The summed E-state index contributed by atoms with van der Waals surface area (Å²) in [4.78, 5) is 18.4. The van der Waals surface area contributed by atoms with Crippen LogP contribution in [0, 0.1) is 5.92 Å². The molecule has 1 atom stereocenters. The number of pyridine rings is 1. The Morgan fingerprint density at radius 3 is 3.25 bits per heavy atom. The van der Waals surface area contributed by atoms with Gasteiger partial charge in [-0.25, -0.2) is 4.98 Å². The SMILES string of the molecule is COC(=O)CCCN1CC[C@@H](CCc2ccc3c(n2)NCCC3)C1. The molecular weight excluding hydrogens is 302 g/mol. The highest BCUT2D eigenvalue weighted by atomic mass is 16.5. The van der Waals surface area contributed by atoms with E-state index in [1.807, 2.05) is 0 Å². The molecule has 1 N–H and O–H groups in total. The molecule has 3 rings (SSSR count). The van der Waals surface area contributed by atoms with E-state index in [2.05, 4.69) is 22.3 Å². The van der Waals surface area contributed by atoms with Crippen LogP contribution in [0.3, 0.4) is 0 Å². The molecule has 1 saturated heterocycles. The minimum absolute atomic E-state index is 0.0992. The van der Waals surface area contributed by atoms with Crippen molar-refractivity contribution in [2.75, 3.05) is 38.6 Å². The van der Waals surface area contributed by atoms with Gasteiger partial charge >= 0.3 is 5.97 Å². The number of nitrogens with zero attached hydrogens (tertiary/aromatic N) is 2. The molecule has 1 aromatic heterocycles. The molecular formula is C19H29N3O2. The summed E-state index contributed by atoms with van der Waals surface area (Å²) in [5.74, 6) is 1.77. The summed E-state index contributed by atoms with van der Waals surface area (Å²) in [6.45, 7) is 4.37. The molecule has 1 aromatic rings. The second kappa shape index (κ2) is 8.47. The topological polar surface area (TPSA) is 54.5 Å². The molecule has 1 fully saturated rings. The fraction of sp³-hybridized carbons (Fsp3) is 0.684. The largest absolute Gasteiger partial charge is 0.469 e. The van der Waals surface area contributed by atoms with Crippen LogP contribution in [0.4, 0.5) is 5.82 Å². The molecule has 2 aliphatic rings. The Bertz CT molecular complexity index is 562. The monoisotopic (exact) mass is 331 g/mol. The van der Waals surface area contributed by atoms with Crippen molar-refractivity contribution in [3.63, 3.8) is 0 Å². The van der Waals surface area contributed by atoms with Crippen molar-refractivity contribution in [2.24, 2.45) is 5.92 Å². The molecule has 5 nitrogen and oxygen atoms in total. The first-order chi connectivity index (χ1) is 11.7. The number of rotatable bonds is 7. The summed E-state index contributed by atoms with van der Waals surface area (Å²) in [5.41, 5.74) is 2.58. The number of hydrogen-bond donors (Lipinski definition) is 1. The number of esters is 1. The summed E-state index contributed by atoms with van der Waals surface area (Å²) in [6.07, 6.45) is 7.33. The van der Waals surface area contributed by atoms with Crippen LogP contribution < -0.4 is 5.32 Å². The minimum Gasteiger partial charge on any atom is -0.469 e. The predicted molar refractivity (Wildman–Crippen MR) is 95.2 cm³/mol. The number of nitrogens with one attached hydrogen (secondary N) is 1. The maximum atomic E-state index is 11.2. The summed E-state index contributed by atoms with van der Waals surface area (Å²) in [6, 6.07) is 4.45. The van der Waals surface area contributed by atoms with E-state index in [1.54, 1.807) is 0 Å². The first kappa shape index (κ1) is 17.2. The number of aromatic nitrogens is 1. The average Bonchev–Trinajstić information content (AvgIpc) is 3.07. The average molecular weight is 331 g/mol. The van der Waals surface area contributed by atoms with Crippen LogP contribution in [-0.2, 0) is 22.4 Å². The normalized spacial score (nSPS) is 20.5. The number of ether oxygens (including phenoxy) is 1. The zero-order valence-electron chi connectivity index (χ0n) is 14.7. The van der Waals surface area contributed by atoms with Crippen LogP contribution in [0.1, 0.15) is 43.4 Å². The first-order valence-corrected chi connectivity index (χ1v) is 9.26. The van der Waals surface area contributed by atoms with E-state index in [1.165, 1.54) is 37.6 Å². The lowest BCUT2D eigenvalue weighted by Gasteiger charge is -2.18. The second-order valence-electron chi connectivity index (χ2n) is 7.01. The molecule has 132 valence electrons. The molecule has 0 spiro atoms. The summed E-state index contributed by atoms with van der Waals surface area (Å²) >= 11 is 0. The van der Waals surface area contributed by atoms with Gasteiger partial charge in [-0.1, -0.05) is 6.07 Å². The number of methoxy groups -OCH3 is 1. The molecule has 0 radical (unpaired) electrons. The van der Waals surface area contributed by atoms with Gasteiger partial charge in [0, 0.05) is 25.2 Å². The van der Waals surface area contributed by atoms with Gasteiger partial charge in [-0.3, -0.25) is 4.79 Å². The highest BCUT2D eigenvalue weighted by Crippen LogP contribution is 2.24. The molecule has 0 amide bonds. The van der Waals surface area contributed by atoms with Gasteiger partial charge in [0.1, 0.15) is 5.82 Å². The van der Waals surface area contributed by atoms with E-state index in [0.717, 1.165) is 57.2 Å². The number of carbonyl (C=O) groups is 1. The van der Waals surface area contributed by atoms with E-state index < -0.39 is 0 Å². The van der Waals surface area contributed by atoms with Crippen LogP contribution in [0.2, 0.25) is 0 Å². The molecule has 0 bridgehead atoms. The van der Waals surface area contributed by atoms with Gasteiger partial charge in [-0.15, -0.1) is 0 Å². The van der Waals surface area contributed by atoms with Crippen molar-refractivity contribution in [3.05, 3.63) is 23.4 Å². The number of carbonyl (C=O) groups excluding carboxylic acids is 1. The standard InChI is InChI=1S/C19H29N3O2/c1-24-18(23)5-3-12-22-13-10-15(14-22)6-8-17-9-7-16-4-2-11-20-19(16)21-17/h7,9,15H,2-6,8,10-14H2,1H3,(H,20,21)/t15-/m1/s1. The number of aryl methyl sites for hydroxylation is 2. The minimum atomic E-state index is -0.0992. The van der Waals surface area contributed by atoms with Gasteiger partial charge in [-0.2, -0.15) is 0 Å². The maximum Gasteiger partial charge on any atom is 0.305 e. The third-order valence-corrected chi connectivity index (χ3v) is 5.21. The van der Waals surface area contributed by atoms with Gasteiger partial charge in [0.15, 0.2) is 0 Å². The lowest BCUT2D eigenvalue weighted by molar-refractivity contribution is -0.140. The smallest absolute Gasteiger partial charge is 0.305 e. The quantitative estimate of drug-likeness (QED) is 0.779. The molecule has 2 aliphatic heterocycles. The number of hydrogen-bond acceptors (Lipinski definition) is 5. The summed E-state index contributed by atoms with van der Waals surface area (Å²) in [5, 5.41) is 3.42. The zero-order valence-corrected chi connectivity index (χ0v) is 14.7. The van der Waals surface area contributed by atoms with E-state index >= 15 is 0 Å². The highest BCUT2D eigenvalue weighted by molar-refractivity contribution is 5.69. The van der Waals surface area contributed by atoms with Crippen molar-refractivity contribution >= 4 is 11.8 Å². The molecule has 0 aromatic carbocycles. The van der Waals surface area contributed by atoms with Crippen molar-refractivity contribution in [3.8, 4) is 0 Å². The summed E-state index contributed by atoms with van der Waals surface area (Å²) in [7, 11) is 1.46. The van der Waals surface area contributed by atoms with Gasteiger partial charge in [0.05, 0.1) is 7.11 Å². The zero-order chi connectivity index (χ0) is 16.8. The van der Waals surface area contributed by atoms with Crippen LogP contribution in [0.5, 0.6) is 0 Å².